The highest BCUT2D eigenvalue weighted by Crippen LogP contribution is 2.27. The Balaban J connectivity index is 2.11. The smallest absolute Gasteiger partial charge is 0.255 e. The maximum absolute atomic E-state index is 12.1. The van der Waals surface area contributed by atoms with Crippen LogP contribution in [0.5, 0.6) is 0 Å². The molecule has 2 N–H and O–H groups in total. The van der Waals surface area contributed by atoms with Crippen molar-refractivity contribution in [3.05, 3.63) is 59.1 Å². The predicted molar refractivity (Wildman–Crippen MR) is 93.9 cm³/mol. The Kier molecular flexibility index (Phi) is 5.06. The average Bonchev–Trinajstić information content (AvgIpc) is 2.50. The molecule has 0 aliphatic carbocycles. The topological polar surface area (TPSA) is 58.2 Å². The number of anilines is 2. The second kappa shape index (κ2) is 6.84. The van der Waals surface area contributed by atoms with E-state index < -0.39 is 5.41 Å². The van der Waals surface area contributed by atoms with E-state index in [2.05, 4.69) is 10.6 Å². The molecule has 0 fully saturated rings. The molecule has 120 valence electrons. The van der Waals surface area contributed by atoms with E-state index in [0.29, 0.717) is 22.0 Å². The van der Waals surface area contributed by atoms with E-state index in [4.69, 9.17) is 11.6 Å². The summed E-state index contributed by atoms with van der Waals surface area (Å²) in [6.45, 7) is 5.50. The Labute approximate surface area is 140 Å². The predicted octanol–water partition coefficient (Wildman–Crippen LogP) is 4.58. The summed E-state index contributed by atoms with van der Waals surface area (Å²) in [6, 6.07) is 13.9. The number of halogens is 1. The molecular formula is C18H19ClN2O2. The second-order valence-corrected chi connectivity index (χ2v) is 6.63. The third-order valence-electron chi connectivity index (χ3n) is 3.19. The van der Waals surface area contributed by atoms with E-state index in [1.54, 1.807) is 42.5 Å². The first kappa shape index (κ1) is 17.0. The van der Waals surface area contributed by atoms with Crippen LogP contribution < -0.4 is 10.6 Å². The van der Waals surface area contributed by atoms with Gasteiger partial charge in [0.2, 0.25) is 5.91 Å². The Hall–Kier alpha value is -2.33. The fraction of sp³-hybridized carbons (Fsp3) is 0.222. The molecule has 23 heavy (non-hydrogen) atoms. The van der Waals surface area contributed by atoms with Gasteiger partial charge in [0.25, 0.3) is 5.91 Å². The summed E-state index contributed by atoms with van der Waals surface area (Å²) in [5.74, 6) is -0.339. The average molecular weight is 331 g/mol. The molecule has 0 bridgehead atoms. The van der Waals surface area contributed by atoms with Gasteiger partial charge in [0, 0.05) is 16.7 Å². The van der Waals surface area contributed by atoms with Crippen molar-refractivity contribution in [2.75, 3.05) is 10.6 Å². The van der Waals surface area contributed by atoms with Crippen LogP contribution in [-0.2, 0) is 4.79 Å². The summed E-state index contributed by atoms with van der Waals surface area (Å²) in [7, 11) is 0. The minimum Gasteiger partial charge on any atom is -0.326 e. The van der Waals surface area contributed by atoms with Crippen molar-refractivity contribution >= 4 is 34.8 Å². The van der Waals surface area contributed by atoms with Crippen LogP contribution in [0.3, 0.4) is 0 Å². The standard InChI is InChI=1S/C18H19ClN2O2/c1-18(2,3)17(23)20-13-9-10-15(14(19)11-13)21-16(22)12-7-5-4-6-8-12/h4-11H,1-3H3,(H,20,23)(H,21,22). The van der Waals surface area contributed by atoms with E-state index in [-0.39, 0.29) is 11.8 Å². The van der Waals surface area contributed by atoms with E-state index in [1.807, 2.05) is 26.8 Å². The zero-order chi connectivity index (χ0) is 17.0. The quantitative estimate of drug-likeness (QED) is 0.865. The van der Waals surface area contributed by atoms with Gasteiger partial charge in [-0.3, -0.25) is 9.59 Å². The summed E-state index contributed by atoms with van der Waals surface area (Å²) in [6.07, 6.45) is 0. The first-order chi connectivity index (χ1) is 10.8. The van der Waals surface area contributed by atoms with Gasteiger partial charge in [-0.2, -0.15) is 0 Å². The van der Waals surface area contributed by atoms with Gasteiger partial charge < -0.3 is 10.6 Å². The molecule has 2 aromatic rings. The largest absolute Gasteiger partial charge is 0.326 e. The van der Waals surface area contributed by atoms with Gasteiger partial charge in [0.15, 0.2) is 0 Å². The molecule has 4 nitrogen and oxygen atoms in total. The maximum atomic E-state index is 12.1. The summed E-state index contributed by atoms with van der Waals surface area (Å²) in [4.78, 5) is 24.1. The van der Waals surface area contributed by atoms with Gasteiger partial charge in [-0.05, 0) is 30.3 Å². The fourth-order valence-electron chi connectivity index (χ4n) is 1.80. The lowest BCUT2D eigenvalue weighted by Gasteiger charge is -2.18. The van der Waals surface area contributed by atoms with E-state index in [0.717, 1.165) is 0 Å². The number of nitrogens with one attached hydrogen (secondary N) is 2. The van der Waals surface area contributed by atoms with Crippen molar-refractivity contribution in [3.8, 4) is 0 Å². The van der Waals surface area contributed by atoms with E-state index in [1.165, 1.54) is 0 Å². The molecule has 0 aromatic heterocycles. The van der Waals surface area contributed by atoms with E-state index in [9.17, 15) is 9.59 Å². The van der Waals surface area contributed by atoms with Gasteiger partial charge in [-0.25, -0.2) is 0 Å². The zero-order valence-corrected chi connectivity index (χ0v) is 14.1. The van der Waals surface area contributed by atoms with Crippen LogP contribution >= 0.6 is 11.6 Å². The minimum atomic E-state index is -0.493. The number of amides is 2. The van der Waals surface area contributed by atoms with Gasteiger partial charge in [-0.1, -0.05) is 50.6 Å². The van der Waals surface area contributed by atoms with Crippen molar-refractivity contribution in [2.24, 2.45) is 5.41 Å². The Morgan fingerprint density at radius 3 is 2.17 bits per heavy atom. The summed E-state index contributed by atoms with van der Waals surface area (Å²) >= 11 is 6.19. The van der Waals surface area contributed by atoms with Gasteiger partial charge in [0.05, 0.1) is 10.7 Å². The molecule has 0 spiro atoms. The van der Waals surface area contributed by atoms with Crippen LogP contribution in [0.4, 0.5) is 11.4 Å². The number of hydrogen-bond donors (Lipinski definition) is 2. The van der Waals surface area contributed by atoms with E-state index >= 15 is 0 Å². The molecule has 0 atom stereocenters. The first-order valence-electron chi connectivity index (χ1n) is 7.25. The molecule has 2 aromatic carbocycles. The number of carbonyl (C=O) groups excluding carboxylic acids is 2. The number of rotatable bonds is 3. The molecular weight excluding hydrogens is 312 g/mol. The van der Waals surface area contributed by atoms with Crippen LogP contribution in [0.2, 0.25) is 5.02 Å². The van der Waals surface area contributed by atoms with Crippen LogP contribution in [-0.4, -0.2) is 11.8 Å². The molecule has 2 rings (SSSR count). The number of hydrogen-bond acceptors (Lipinski definition) is 2. The second-order valence-electron chi connectivity index (χ2n) is 6.22. The fourth-order valence-corrected chi connectivity index (χ4v) is 2.02. The lowest BCUT2D eigenvalue weighted by Crippen LogP contribution is -2.27. The molecule has 0 unspecified atom stereocenters. The summed E-state index contributed by atoms with van der Waals surface area (Å²) in [5.41, 5.74) is 1.14. The molecule has 0 saturated carbocycles. The lowest BCUT2D eigenvalue weighted by molar-refractivity contribution is -0.123. The van der Waals surface area contributed by atoms with Crippen molar-refractivity contribution in [2.45, 2.75) is 20.8 Å². The van der Waals surface area contributed by atoms with Crippen molar-refractivity contribution in [3.63, 3.8) is 0 Å². The highest BCUT2D eigenvalue weighted by molar-refractivity contribution is 6.34. The zero-order valence-electron chi connectivity index (χ0n) is 13.3. The Morgan fingerprint density at radius 2 is 1.61 bits per heavy atom. The lowest BCUT2D eigenvalue weighted by atomic mass is 9.95. The monoisotopic (exact) mass is 330 g/mol. The van der Waals surface area contributed by atoms with Crippen molar-refractivity contribution in [1.29, 1.82) is 0 Å². The molecule has 0 saturated heterocycles. The first-order valence-corrected chi connectivity index (χ1v) is 7.62. The molecule has 0 radical (unpaired) electrons. The van der Waals surface area contributed by atoms with Gasteiger partial charge in [-0.15, -0.1) is 0 Å². The molecule has 0 heterocycles. The normalized spacial score (nSPS) is 11.0. The third-order valence-corrected chi connectivity index (χ3v) is 3.51. The highest BCUT2D eigenvalue weighted by atomic mass is 35.5. The van der Waals surface area contributed by atoms with Gasteiger partial charge in [0.1, 0.15) is 0 Å². The van der Waals surface area contributed by atoms with Gasteiger partial charge >= 0.3 is 0 Å². The van der Waals surface area contributed by atoms with Crippen LogP contribution in [0.25, 0.3) is 0 Å². The number of carbonyl (C=O) groups is 2. The van der Waals surface area contributed by atoms with Crippen molar-refractivity contribution in [1.82, 2.24) is 0 Å². The number of benzene rings is 2. The molecule has 5 heteroatoms. The maximum Gasteiger partial charge on any atom is 0.255 e. The SMILES string of the molecule is CC(C)(C)C(=O)Nc1ccc(NC(=O)c2ccccc2)c(Cl)c1. The minimum absolute atomic E-state index is 0.102. The van der Waals surface area contributed by atoms with Crippen molar-refractivity contribution < 1.29 is 9.59 Å². The highest BCUT2D eigenvalue weighted by Gasteiger charge is 2.21. The summed E-state index contributed by atoms with van der Waals surface area (Å²) < 4.78 is 0. The van der Waals surface area contributed by atoms with Crippen LogP contribution in [0, 0.1) is 5.41 Å². The molecule has 0 aliphatic rings. The third kappa shape index (κ3) is 4.57. The molecule has 2 amide bonds. The Morgan fingerprint density at radius 1 is 0.957 bits per heavy atom. The van der Waals surface area contributed by atoms with Crippen LogP contribution in [0.15, 0.2) is 48.5 Å². The summed E-state index contributed by atoms with van der Waals surface area (Å²) in [5, 5.41) is 5.91. The van der Waals surface area contributed by atoms with Crippen LogP contribution in [0.1, 0.15) is 31.1 Å². The Bertz CT molecular complexity index is 722. The molecule has 0 aliphatic heterocycles.